The van der Waals surface area contributed by atoms with Crippen LogP contribution >= 0.6 is 0 Å². The maximum absolute atomic E-state index is 16.5. The lowest BCUT2D eigenvalue weighted by atomic mass is 9.62. The third kappa shape index (κ3) is 5.28. The fourth-order valence-corrected chi connectivity index (χ4v) is 6.40. The van der Waals surface area contributed by atoms with Crippen LogP contribution in [0.1, 0.15) is 22.3 Å². The molecule has 0 unspecified atom stereocenters. The first kappa shape index (κ1) is 45.7. The van der Waals surface area contributed by atoms with Crippen LogP contribution in [-0.4, -0.2) is 75.9 Å². The molecule has 4 aromatic rings. The van der Waals surface area contributed by atoms with Gasteiger partial charge in [-0.1, -0.05) is 48.5 Å². The van der Waals surface area contributed by atoms with Crippen molar-refractivity contribution in [2.24, 2.45) is 0 Å². The Morgan fingerprint density at radius 3 is 0.763 bits per heavy atom. The van der Waals surface area contributed by atoms with Crippen molar-refractivity contribution >= 4 is 21.5 Å². The van der Waals surface area contributed by atoms with E-state index in [9.17, 15) is 89.2 Å². The number of rotatable bonds is 9. The van der Waals surface area contributed by atoms with Gasteiger partial charge in [-0.15, -0.1) is 0 Å². The summed E-state index contributed by atoms with van der Waals surface area (Å²) in [7, 11) is 0. The predicted molar refractivity (Wildman–Crippen MR) is 151 cm³/mol. The minimum Gasteiger partial charge on any atom is -0.374 e. The highest BCUT2D eigenvalue weighted by molar-refractivity contribution is 5.89. The first-order valence-corrected chi connectivity index (χ1v) is 15.2. The molecule has 26 heteroatoms. The first-order valence-electron chi connectivity index (χ1n) is 15.2. The summed E-state index contributed by atoms with van der Waals surface area (Å²) >= 11 is 0. The van der Waals surface area contributed by atoms with Gasteiger partial charge in [0.15, 0.2) is 5.60 Å². The minimum absolute atomic E-state index is 0.0237. The van der Waals surface area contributed by atoms with Crippen LogP contribution in [0.5, 0.6) is 0 Å². The average Bonchev–Trinajstić information content (AvgIpc) is 3.10. The van der Waals surface area contributed by atoms with Gasteiger partial charge in [-0.25, -0.2) is 0 Å². The van der Waals surface area contributed by atoms with E-state index in [0.717, 1.165) is 48.5 Å². The zero-order valence-electron chi connectivity index (χ0n) is 27.4. The molecule has 4 aromatic carbocycles. The fraction of sp³-hybridized carbons (Fsp3) is 0.394. The van der Waals surface area contributed by atoms with E-state index in [0.29, 0.717) is 0 Å². The quantitative estimate of drug-likeness (QED) is 0.164. The van der Waals surface area contributed by atoms with E-state index in [1.54, 1.807) is 0 Å². The van der Waals surface area contributed by atoms with Crippen LogP contribution in [0.3, 0.4) is 0 Å². The molecule has 0 atom stereocenters. The van der Waals surface area contributed by atoms with Crippen molar-refractivity contribution in [1.29, 1.82) is 0 Å². The van der Waals surface area contributed by atoms with Crippen LogP contribution in [0.25, 0.3) is 21.5 Å². The van der Waals surface area contributed by atoms with Crippen LogP contribution in [0.4, 0.5) is 105 Å². The van der Waals surface area contributed by atoms with E-state index < -0.39 is 121 Å². The summed E-state index contributed by atoms with van der Waals surface area (Å²) in [6, 6.07) is 6.67. The molecule has 0 radical (unpaired) electrons. The van der Waals surface area contributed by atoms with Crippen molar-refractivity contribution in [2.45, 2.75) is 76.9 Å². The summed E-state index contributed by atoms with van der Waals surface area (Å²) in [6.45, 7) is 0. The molecule has 2 nitrogen and oxygen atoms in total. The molecule has 0 amide bonds. The number of aliphatic hydroxyl groups is 2. The van der Waals surface area contributed by atoms with Gasteiger partial charge in [0.2, 0.25) is 5.60 Å². The van der Waals surface area contributed by atoms with Gasteiger partial charge in [-0.2, -0.15) is 105 Å². The average molecular weight is 898 g/mol. The van der Waals surface area contributed by atoms with Crippen molar-refractivity contribution < 1.29 is 116 Å². The van der Waals surface area contributed by atoms with Crippen molar-refractivity contribution in [3.8, 4) is 0 Å². The lowest BCUT2D eigenvalue weighted by Gasteiger charge is -2.51. The summed E-state index contributed by atoms with van der Waals surface area (Å²) in [5, 5.41) is 20.3. The molecular weight excluding hydrogens is 884 g/mol. The zero-order valence-corrected chi connectivity index (χ0v) is 27.4. The van der Waals surface area contributed by atoms with Gasteiger partial charge in [0, 0.05) is 22.3 Å². The summed E-state index contributed by atoms with van der Waals surface area (Å²) < 4.78 is 346. The van der Waals surface area contributed by atoms with E-state index in [2.05, 4.69) is 0 Å². The van der Waals surface area contributed by atoms with E-state index in [4.69, 9.17) is 0 Å². The Balaban J connectivity index is 1.83. The molecule has 0 saturated carbocycles. The Morgan fingerprint density at radius 2 is 0.525 bits per heavy atom. The van der Waals surface area contributed by atoms with Gasteiger partial charge in [0.1, 0.15) is 0 Å². The van der Waals surface area contributed by atoms with Crippen LogP contribution in [0.2, 0.25) is 0 Å². The minimum atomic E-state index is -9.51. The Kier molecular flexibility index (Phi) is 9.58. The van der Waals surface area contributed by atoms with Gasteiger partial charge < -0.3 is 10.2 Å². The molecule has 2 N–H and O–H groups in total. The Hall–Kier alpha value is -4.36. The van der Waals surface area contributed by atoms with Crippen molar-refractivity contribution in [1.82, 2.24) is 0 Å². The third-order valence-corrected chi connectivity index (χ3v) is 9.71. The van der Waals surface area contributed by atoms with Crippen molar-refractivity contribution in [2.75, 3.05) is 0 Å². The lowest BCUT2D eigenvalue weighted by Crippen LogP contribution is -2.78. The van der Waals surface area contributed by atoms with E-state index >= 15 is 26.3 Å². The topological polar surface area (TPSA) is 40.5 Å². The van der Waals surface area contributed by atoms with Crippen LogP contribution in [0.15, 0.2) is 72.8 Å². The Morgan fingerprint density at radius 1 is 0.305 bits per heavy atom. The smallest absolute Gasteiger partial charge is 0.374 e. The molecule has 0 heterocycles. The number of alkyl halides is 24. The van der Waals surface area contributed by atoms with E-state index in [1.165, 1.54) is 0 Å². The van der Waals surface area contributed by atoms with Gasteiger partial charge >= 0.3 is 65.7 Å². The first-order chi connectivity index (χ1) is 26.1. The second-order valence-electron chi connectivity index (χ2n) is 13.1. The maximum atomic E-state index is 16.5. The van der Waals surface area contributed by atoms with Gasteiger partial charge in [-0.05, 0) is 45.8 Å². The largest absolute Gasteiger partial charge is 0.460 e. The van der Waals surface area contributed by atoms with Crippen LogP contribution in [-0.2, 0) is 11.2 Å². The third-order valence-electron chi connectivity index (χ3n) is 9.71. The normalized spacial score (nSPS) is 20.8. The molecule has 0 aromatic heterocycles. The second kappa shape index (κ2) is 12.4. The van der Waals surface area contributed by atoms with Crippen molar-refractivity contribution in [3.63, 3.8) is 0 Å². The fourth-order valence-electron chi connectivity index (χ4n) is 6.40. The molecule has 59 heavy (non-hydrogen) atoms. The molecular formula is C33H14F24O2. The summed E-state index contributed by atoms with van der Waals surface area (Å²) in [6.07, 6.45) is -14.4. The molecule has 0 aliphatic heterocycles. The number of fused-ring (bicyclic) bond motifs is 4. The van der Waals surface area contributed by atoms with Gasteiger partial charge in [0.25, 0.3) is 0 Å². The highest BCUT2D eigenvalue weighted by Gasteiger charge is 2.98. The number of hydrogen-bond acceptors (Lipinski definition) is 2. The Labute approximate surface area is 309 Å². The molecule has 1 aliphatic carbocycles. The van der Waals surface area contributed by atoms with Crippen LogP contribution < -0.4 is 0 Å². The number of halogens is 24. The van der Waals surface area contributed by atoms with E-state index in [-0.39, 0.29) is 24.3 Å². The molecule has 0 spiro atoms. The highest BCUT2D eigenvalue weighted by Crippen LogP contribution is 2.69. The van der Waals surface area contributed by atoms with Crippen LogP contribution in [0, 0.1) is 0 Å². The Bertz CT molecular complexity index is 2220. The molecule has 5 rings (SSSR count). The number of benzene rings is 4. The molecule has 0 bridgehead atoms. The molecule has 326 valence electrons. The van der Waals surface area contributed by atoms with Crippen molar-refractivity contribution in [3.05, 3.63) is 95.1 Å². The van der Waals surface area contributed by atoms with E-state index in [1.807, 2.05) is 0 Å². The highest BCUT2D eigenvalue weighted by atomic mass is 19.4. The monoisotopic (exact) mass is 898 g/mol. The number of hydrogen-bond donors (Lipinski definition) is 2. The molecule has 0 saturated heterocycles. The summed E-state index contributed by atoms with van der Waals surface area (Å²) in [4.78, 5) is 0. The predicted octanol–water partition coefficient (Wildman–Crippen LogP) is 11.6. The van der Waals surface area contributed by atoms with Gasteiger partial charge in [-0.3, -0.25) is 0 Å². The summed E-state index contributed by atoms with van der Waals surface area (Å²) in [5.41, 5.74) is -19.9. The SMILES string of the molecule is OC1(C(F)(F)F)c2cc3ccccc3cc2C(O)(C(F)(F)C(F)(F)C(F)(F)C(F)(F)C(F)(F)C(F)(F)C(F)(F)C(F)(F)C(F)(F)C(F)(F)F)c2cc3ccccc3cc21. The zero-order chi connectivity index (χ0) is 45.6. The molecule has 1 aliphatic rings. The maximum Gasteiger partial charge on any atom is 0.460 e. The molecule has 0 fully saturated rings. The standard InChI is InChI=1S/C33H14F24O2/c34-23(35,24(36,37)25(38,39)26(40,41)27(42,43)28(44,45)29(46,47)30(48,49)31(50,51)33(55,56)57)21(58)17-9-13-5-1-3-7-15(13)11-19(17)22(59,32(52,53)54)20-12-16-8-4-2-6-14(16)10-18(20)21/h1-12,58-59H. The van der Waals surface area contributed by atoms with Gasteiger partial charge in [0.05, 0.1) is 0 Å². The second-order valence-corrected chi connectivity index (χ2v) is 13.1. The summed E-state index contributed by atoms with van der Waals surface area (Å²) in [5.74, 6) is -81.3. The lowest BCUT2D eigenvalue weighted by molar-refractivity contribution is -0.477.